The minimum absolute atomic E-state index is 0. The average molecular weight is 343 g/mol. The molecule has 1 aliphatic carbocycles. The summed E-state index contributed by atoms with van der Waals surface area (Å²) in [5.41, 5.74) is 3.33. The molecule has 138 valence electrons. The lowest BCUT2D eigenvalue weighted by atomic mass is 9.73. The van der Waals surface area contributed by atoms with E-state index in [2.05, 4.69) is 54.9 Å². The van der Waals surface area contributed by atoms with Gasteiger partial charge < -0.3 is 10.2 Å². The number of hydrogen-bond donors (Lipinski definition) is 1. The highest BCUT2D eigenvalue weighted by Crippen LogP contribution is 2.50. The summed E-state index contributed by atoms with van der Waals surface area (Å²) in [5.74, 6) is 0.0699. The van der Waals surface area contributed by atoms with E-state index in [9.17, 15) is 4.79 Å². The Morgan fingerprint density at radius 1 is 1.40 bits per heavy atom. The van der Waals surface area contributed by atoms with E-state index >= 15 is 0 Å². The summed E-state index contributed by atoms with van der Waals surface area (Å²) in [6.07, 6.45) is 6.52. The molecule has 0 saturated carbocycles. The highest BCUT2D eigenvalue weighted by atomic mass is 16.1. The number of piperidine rings is 1. The maximum atomic E-state index is 11.6. The van der Waals surface area contributed by atoms with Gasteiger partial charge in [0.2, 0.25) is 5.91 Å². The van der Waals surface area contributed by atoms with Gasteiger partial charge in [-0.1, -0.05) is 44.2 Å². The molecule has 0 aromatic heterocycles. The Bertz CT molecular complexity index is 647. The molecule has 3 rings (SSSR count). The predicted molar refractivity (Wildman–Crippen MR) is 106 cm³/mol. The zero-order valence-corrected chi connectivity index (χ0v) is 16.0. The maximum Gasteiger partial charge on any atom is 0.217 e. The SMILES string of the molecule is C=CCC(C)(C)CN1CCC2(CC1)C[C@H](NC(C)=O)c1ccccc12.[HH]. The molecule has 1 fully saturated rings. The Morgan fingerprint density at radius 3 is 2.72 bits per heavy atom. The van der Waals surface area contributed by atoms with Crippen LogP contribution in [-0.4, -0.2) is 30.4 Å². The fourth-order valence-corrected chi connectivity index (χ4v) is 4.94. The minimum atomic E-state index is 0. The zero-order valence-electron chi connectivity index (χ0n) is 16.0. The van der Waals surface area contributed by atoms with Gasteiger partial charge in [0, 0.05) is 20.3 Å². The van der Waals surface area contributed by atoms with Crippen molar-refractivity contribution in [1.82, 2.24) is 10.2 Å². The van der Waals surface area contributed by atoms with E-state index in [0.717, 1.165) is 32.5 Å². The van der Waals surface area contributed by atoms with Crippen molar-refractivity contribution in [3.8, 4) is 0 Å². The second-order valence-corrected chi connectivity index (χ2v) is 8.76. The number of nitrogens with one attached hydrogen (secondary N) is 1. The lowest BCUT2D eigenvalue weighted by Crippen LogP contribution is -2.45. The third kappa shape index (κ3) is 3.82. The Morgan fingerprint density at radius 2 is 2.08 bits per heavy atom. The molecule has 3 heteroatoms. The first-order valence-electron chi connectivity index (χ1n) is 9.55. The van der Waals surface area contributed by atoms with Crippen LogP contribution in [0.3, 0.4) is 0 Å². The number of fused-ring (bicyclic) bond motifs is 2. The van der Waals surface area contributed by atoms with Crippen LogP contribution in [0, 0.1) is 5.41 Å². The molecule has 3 nitrogen and oxygen atoms in total. The number of rotatable bonds is 5. The molecule has 25 heavy (non-hydrogen) atoms. The van der Waals surface area contributed by atoms with Crippen LogP contribution in [0.25, 0.3) is 0 Å². The largest absolute Gasteiger partial charge is 0.349 e. The Balaban J connectivity index is 0.00000243. The van der Waals surface area contributed by atoms with Crippen molar-refractivity contribution in [1.29, 1.82) is 0 Å². The smallest absolute Gasteiger partial charge is 0.217 e. The van der Waals surface area contributed by atoms with E-state index in [1.807, 2.05) is 6.08 Å². The number of carbonyl (C=O) groups excluding carboxylic acids is 1. The first-order valence-corrected chi connectivity index (χ1v) is 9.55. The van der Waals surface area contributed by atoms with E-state index in [1.54, 1.807) is 6.92 Å². The number of amides is 1. The van der Waals surface area contributed by atoms with Crippen molar-refractivity contribution in [2.45, 2.75) is 57.9 Å². The highest BCUT2D eigenvalue weighted by molar-refractivity contribution is 5.73. The molecular formula is C22H34N2O. The quantitative estimate of drug-likeness (QED) is 0.802. The van der Waals surface area contributed by atoms with Gasteiger partial charge in [-0.25, -0.2) is 0 Å². The van der Waals surface area contributed by atoms with Gasteiger partial charge in [-0.05, 0) is 55.3 Å². The first kappa shape index (κ1) is 18.2. The van der Waals surface area contributed by atoms with Gasteiger partial charge in [0.15, 0.2) is 0 Å². The normalized spacial score (nSPS) is 22.6. The molecule has 0 radical (unpaired) electrons. The standard InChI is InChI=1S/C22H32N2O.H2/c1-5-10-21(3,4)16-24-13-11-22(12-14-24)15-20(23-17(2)25)18-8-6-7-9-19(18)22;/h5-9,20H,1,10-16H2,2-4H3,(H,23,25);1H/t20-;/m0./s1. The first-order chi connectivity index (χ1) is 11.9. The van der Waals surface area contributed by atoms with Gasteiger partial charge in [0.1, 0.15) is 0 Å². The monoisotopic (exact) mass is 342 g/mol. The Labute approximate surface area is 154 Å². The number of carbonyl (C=O) groups is 1. The molecule has 1 saturated heterocycles. The molecule has 1 N–H and O–H groups in total. The summed E-state index contributed by atoms with van der Waals surface area (Å²) in [7, 11) is 0. The Kier molecular flexibility index (Phi) is 5.06. The lowest BCUT2D eigenvalue weighted by molar-refractivity contribution is -0.119. The van der Waals surface area contributed by atoms with Crippen molar-refractivity contribution in [2.75, 3.05) is 19.6 Å². The van der Waals surface area contributed by atoms with Crippen molar-refractivity contribution in [2.24, 2.45) is 5.41 Å². The van der Waals surface area contributed by atoms with Gasteiger partial charge in [-0.3, -0.25) is 4.79 Å². The molecule has 1 amide bonds. The lowest BCUT2D eigenvalue weighted by Gasteiger charge is -2.43. The van der Waals surface area contributed by atoms with Crippen molar-refractivity contribution >= 4 is 5.91 Å². The fourth-order valence-electron chi connectivity index (χ4n) is 4.94. The van der Waals surface area contributed by atoms with Gasteiger partial charge >= 0.3 is 0 Å². The van der Waals surface area contributed by atoms with E-state index in [-0.39, 0.29) is 18.8 Å². The number of hydrogen-bond acceptors (Lipinski definition) is 2. The Hall–Kier alpha value is -1.61. The summed E-state index contributed by atoms with van der Waals surface area (Å²) in [6.45, 7) is 13.6. The molecule has 1 aromatic carbocycles. The molecule has 2 aliphatic rings. The molecular weight excluding hydrogens is 308 g/mol. The third-order valence-corrected chi connectivity index (χ3v) is 6.04. The van der Waals surface area contributed by atoms with Crippen LogP contribution in [0.15, 0.2) is 36.9 Å². The molecule has 1 aromatic rings. The van der Waals surface area contributed by atoms with Crippen LogP contribution in [0.4, 0.5) is 0 Å². The molecule has 0 unspecified atom stereocenters. The van der Waals surface area contributed by atoms with Gasteiger partial charge in [-0.15, -0.1) is 6.58 Å². The third-order valence-electron chi connectivity index (χ3n) is 6.04. The van der Waals surface area contributed by atoms with Crippen LogP contribution in [0.2, 0.25) is 0 Å². The molecule has 1 aliphatic heterocycles. The highest BCUT2D eigenvalue weighted by Gasteiger charge is 2.45. The summed E-state index contributed by atoms with van der Waals surface area (Å²) < 4.78 is 0. The van der Waals surface area contributed by atoms with E-state index in [4.69, 9.17) is 0 Å². The van der Waals surface area contributed by atoms with E-state index < -0.39 is 0 Å². The van der Waals surface area contributed by atoms with Crippen LogP contribution < -0.4 is 5.32 Å². The van der Waals surface area contributed by atoms with Crippen LogP contribution in [-0.2, 0) is 10.2 Å². The summed E-state index contributed by atoms with van der Waals surface area (Å²) in [6, 6.07) is 8.91. The van der Waals surface area contributed by atoms with E-state index in [0.29, 0.717) is 5.41 Å². The van der Waals surface area contributed by atoms with Crippen LogP contribution in [0.5, 0.6) is 0 Å². The van der Waals surface area contributed by atoms with Gasteiger partial charge in [-0.2, -0.15) is 0 Å². The average Bonchev–Trinajstić information content (AvgIpc) is 2.83. The molecule has 1 heterocycles. The van der Waals surface area contributed by atoms with Crippen molar-refractivity contribution in [3.05, 3.63) is 48.0 Å². The van der Waals surface area contributed by atoms with E-state index in [1.165, 1.54) is 24.0 Å². The summed E-state index contributed by atoms with van der Waals surface area (Å²) >= 11 is 0. The van der Waals surface area contributed by atoms with Crippen LogP contribution >= 0.6 is 0 Å². The van der Waals surface area contributed by atoms with Gasteiger partial charge in [0.25, 0.3) is 0 Å². The predicted octanol–water partition coefficient (Wildman–Crippen LogP) is 4.45. The topological polar surface area (TPSA) is 32.3 Å². The molecule has 1 spiro atoms. The minimum Gasteiger partial charge on any atom is -0.349 e. The van der Waals surface area contributed by atoms with Crippen LogP contribution in [0.1, 0.15) is 65.0 Å². The number of allylic oxidation sites excluding steroid dienone is 1. The van der Waals surface area contributed by atoms with Crippen molar-refractivity contribution < 1.29 is 6.22 Å². The number of benzene rings is 1. The summed E-state index contributed by atoms with van der Waals surface area (Å²) in [4.78, 5) is 14.2. The van der Waals surface area contributed by atoms with Crippen molar-refractivity contribution in [3.63, 3.8) is 0 Å². The number of likely N-dealkylation sites (tertiary alicyclic amines) is 1. The fraction of sp³-hybridized carbons (Fsp3) is 0.591. The number of nitrogens with zero attached hydrogens (tertiary/aromatic N) is 1. The molecule has 1 atom stereocenters. The van der Waals surface area contributed by atoms with Gasteiger partial charge in [0.05, 0.1) is 6.04 Å². The second-order valence-electron chi connectivity index (χ2n) is 8.76. The molecule has 0 bridgehead atoms. The zero-order chi connectivity index (χ0) is 18.1. The second kappa shape index (κ2) is 6.95. The maximum absolute atomic E-state index is 11.6. The summed E-state index contributed by atoms with van der Waals surface area (Å²) in [5, 5.41) is 3.17.